The van der Waals surface area contributed by atoms with Crippen molar-refractivity contribution in [3.05, 3.63) is 71.3 Å². The Bertz CT molecular complexity index is 718. The lowest BCUT2D eigenvalue weighted by molar-refractivity contribution is -0.142. The van der Waals surface area contributed by atoms with Gasteiger partial charge < -0.3 is 10.1 Å². The van der Waals surface area contributed by atoms with E-state index in [0.29, 0.717) is 17.5 Å². The van der Waals surface area contributed by atoms with E-state index in [4.69, 9.17) is 10.00 Å². The topological polar surface area (TPSA) is 79.2 Å². The van der Waals surface area contributed by atoms with Gasteiger partial charge >= 0.3 is 5.97 Å². The predicted molar refractivity (Wildman–Crippen MR) is 84.6 cm³/mol. The van der Waals surface area contributed by atoms with Gasteiger partial charge in [0.25, 0.3) is 5.91 Å². The molecule has 0 unspecified atom stereocenters. The Morgan fingerprint density at radius 1 is 1.13 bits per heavy atom. The molecule has 5 heteroatoms. The third kappa shape index (κ3) is 4.42. The van der Waals surface area contributed by atoms with Crippen LogP contribution in [0.3, 0.4) is 0 Å². The van der Waals surface area contributed by atoms with Crippen molar-refractivity contribution in [1.29, 1.82) is 5.26 Å². The normalized spacial score (nSPS) is 11.1. The van der Waals surface area contributed by atoms with E-state index >= 15 is 0 Å². The Morgan fingerprint density at radius 3 is 2.35 bits per heavy atom. The Balaban J connectivity index is 2.12. The maximum Gasteiger partial charge on any atom is 0.328 e. The first-order chi connectivity index (χ1) is 11.1. The molecule has 0 aliphatic carbocycles. The molecule has 2 aromatic rings. The highest BCUT2D eigenvalue weighted by Crippen LogP contribution is 2.07. The first-order valence-electron chi connectivity index (χ1n) is 7.07. The molecule has 0 aromatic heterocycles. The second kappa shape index (κ2) is 7.76. The van der Waals surface area contributed by atoms with Gasteiger partial charge in [-0.3, -0.25) is 4.79 Å². The summed E-state index contributed by atoms with van der Waals surface area (Å²) in [7, 11) is 1.29. The van der Waals surface area contributed by atoms with Crippen LogP contribution in [-0.4, -0.2) is 25.0 Å². The van der Waals surface area contributed by atoms with Gasteiger partial charge in [-0.2, -0.15) is 5.26 Å². The zero-order chi connectivity index (χ0) is 16.7. The highest BCUT2D eigenvalue weighted by Gasteiger charge is 2.22. The quantitative estimate of drug-likeness (QED) is 0.858. The van der Waals surface area contributed by atoms with Crippen molar-refractivity contribution in [2.45, 2.75) is 12.5 Å². The van der Waals surface area contributed by atoms with Crippen molar-refractivity contribution in [3.63, 3.8) is 0 Å². The van der Waals surface area contributed by atoms with Crippen LogP contribution in [0.4, 0.5) is 0 Å². The molecular formula is C18H16N2O3. The molecule has 1 amide bonds. The molecule has 1 atom stereocenters. The maximum absolute atomic E-state index is 12.3. The van der Waals surface area contributed by atoms with Crippen LogP contribution in [0.15, 0.2) is 54.6 Å². The average Bonchev–Trinajstić information content (AvgIpc) is 2.61. The number of carbonyl (C=O) groups is 2. The summed E-state index contributed by atoms with van der Waals surface area (Å²) < 4.78 is 4.76. The molecule has 0 aliphatic heterocycles. The molecule has 0 heterocycles. The van der Waals surface area contributed by atoms with Gasteiger partial charge in [0.2, 0.25) is 0 Å². The van der Waals surface area contributed by atoms with E-state index in [9.17, 15) is 9.59 Å². The molecule has 0 fully saturated rings. The lowest BCUT2D eigenvalue weighted by Crippen LogP contribution is -2.43. The number of benzene rings is 2. The van der Waals surface area contributed by atoms with Crippen LogP contribution in [0.25, 0.3) is 0 Å². The van der Waals surface area contributed by atoms with Gasteiger partial charge in [0.05, 0.1) is 18.7 Å². The molecule has 0 radical (unpaired) electrons. The SMILES string of the molecule is COC(=O)[C@@H](Cc1ccccc1)NC(=O)c1ccc(C#N)cc1. The number of carbonyl (C=O) groups excluding carboxylic acids is 2. The zero-order valence-corrected chi connectivity index (χ0v) is 12.7. The standard InChI is InChI=1S/C18H16N2O3/c1-23-18(22)16(11-13-5-3-2-4-6-13)20-17(21)15-9-7-14(12-19)8-10-15/h2-10,16H,11H2,1H3,(H,20,21)/t16-/m1/s1. The molecule has 2 aromatic carbocycles. The third-order valence-corrected chi connectivity index (χ3v) is 3.35. The fraction of sp³-hybridized carbons (Fsp3) is 0.167. The summed E-state index contributed by atoms with van der Waals surface area (Å²) in [5.74, 6) is -0.892. The summed E-state index contributed by atoms with van der Waals surface area (Å²) in [5.41, 5.74) is 1.77. The van der Waals surface area contributed by atoms with Crippen LogP contribution in [0.1, 0.15) is 21.5 Å². The fourth-order valence-electron chi connectivity index (χ4n) is 2.12. The predicted octanol–water partition coefficient (Wildman–Crippen LogP) is 2.07. The summed E-state index contributed by atoms with van der Waals surface area (Å²) in [6.07, 6.45) is 0.343. The number of nitrogens with zero attached hydrogens (tertiary/aromatic N) is 1. The van der Waals surface area contributed by atoms with Crippen molar-refractivity contribution >= 4 is 11.9 Å². The summed E-state index contributed by atoms with van der Waals surface area (Å²) >= 11 is 0. The van der Waals surface area contributed by atoms with Crippen molar-refractivity contribution in [3.8, 4) is 6.07 Å². The second-order valence-electron chi connectivity index (χ2n) is 4.93. The van der Waals surface area contributed by atoms with Gasteiger partial charge in [0.15, 0.2) is 0 Å². The van der Waals surface area contributed by atoms with Crippen molar-refractivity contribution in [2.24, 2.45) is 0 Å². The Hall–Kier alpha value is -3.13. The third-order valence-electron chi connectivity index (χ3n) is 3.35. The van der Waals surface area contributed by atoms with Crippen LogP contribution in [-0.2, 0) is 16.0 Å². The van der Waals surface area contributed by atoms with Gasteiger partial charge in [0.1, 0.15) is 6.04 Å². The van der Waals surface area contributed by atoms with Gasteiger partial charge in [-0.1, -0.05) is 30.3 Å². The van der Waals surface area contributed by atoms with Gasteiger partial charge in [-0.15, -0.1) is 0 Å². The van der Waals surface area contributed by atoms with E-state index in [2.05, 4.69) is 5.32 Å². The van der Waals surface area contributed by atoms with E-state index in [0.717, 1.165) is 5.56 Å². The second-order valence-corrected chi connectivity index (χ2v) is 4.93. The van der Waals surface area contributed by atoms with E-state index in [-0.39, 0.29) is 5.91 Å². The number of methoxy groups -OCH3 is 1. The molecule has 116 valence electrons. The number of ether oxygens (including phenoxy) is 1. The lowest BCUT2D eigenvalue weighted by atomic mass is 10.1. The highest BCUT2D eigenvalue weighted by atomic mass is 16.5. The molecular weight excluding hydrogens is 292 g/mol. The van der Waals surface area contributed by atoms with E-state index in [1.807, 2.05) is 36.4 Å². The van der Waals surface area contributed by atoms with E-state index < -0.39 is 12.0 Å². The lowest BCUT2D eigenvalue weighted by Gasteiger charge is -2.16. The van der Waals surface area contributed by atoms with Crippen LogP contribution in [0, 0.1) is 11.3 Å². The smallest absolute Gasteiger partial charge is 0.328 e. The molecule has 0 saturated heterocycles. The van der Waals surface area contributed by atoms with Gasteiger partial charge in [-0.25, -0.2) is 4.79 Å². The molecule has 0 aliphatic rings. The van der Waals surface area contributed by atoms with Crippen molar-refractivity contribution < 1.29 is 14.3 Å². The van der Waals surface area contributed by atoms with Gasteiger partial charge in [-0.05, 0) is 29.8 Å². The van der Waals surface area contributed by atoms with E-state index in [1.54, 1.807) is 24.3 Å². The Kier molecular flexibility index (Phi) is 5.48. The Labute approximate surface area is 134 Å². The summed E-state index contributed by atoms with van der Waals surface area (Å²) in [4.78, 5) is 24.2. The largest absolute Gasteiger partial charge is 0.467 e. The van der Waals surface area contributed by atoms with Crippen LogP contribution < -0.4 is 5.32 Å². The minimum atomic E-state index is -0.773. The van der Waals surface area contributed by atoms with Crippen molar-refractivity contribution in [2.75, 3.05) is 7.11 Å². The summed E-state index contributed by atoms with van der Waals surface area (Å²) in [6.45, 7) is 0. The average molecular weight is 308 g/mol. The molecule has 23 heavy (non-hydrogen) atoms. The van der Waals surface area contributed by atoms with Crippen LogP contribution >= 0.6 is 0 Å². The highest BCUT2D eigenvalue weighted by molar-refractivity contribution is 5.96. The molecule has 5 nitrogen and oxygen atoms in total. The van der Waals surface area contributed by atoms with Crippen LogP contribution in [0.2, 0.25) is 0 Å². The minimum Gasteiger partial charge on any atom is -0.467 e. The number of hydrogen-bond acceptors (Lipinski definition) is 4. The number of nitrogens with one attached hydrogen (secondary N) is 1. The zero-order valence-electron chi connectivity index (χ0n) is 12.7. The fourth-order valence-corrected chi connectivity index (χ4v) is 2.12. The van der Waals surface area contributed by atoms with Crippen LogP contribution in [0.5, 0.6) is 0 Å². The van der Waals surface area contributed by atoms with Gasteiger partial charge in [0, 0.05) is 12.0 Å². The monoisotopic (exact) mass is 308 g/mol. The number of amides is 1. The Morgan fingerprint density at radius 2 is 1.78 bits per heavy atom. The molecule has 1 N–H and O–H groups in total. The molecule has 2 rings (SSSR count). The molecule has 0 saturated carbocycles. The number of esters is 1. The molecule has 0 spiro atoms. The number of nitriles is 1. The minimum absolute atomic E-state index is 0.343. The number of rotatable bonds is 5. The summed E-state index contributed by atoms with van der Waals surface area (Å²) in [5, 5.41) is 11.4. The van der Waals surface area contributed by atoms with E-state index in [1.165, 1.54) is 7.11 Å². The maximum atomic E-state index is 12.3. The van der Waals surface area contributed by atoms with Crippen molar-refractivity contribution in [1.82, 2.24) is 5.32 Å². The first kappa shape index (κ1) is 16.2. The summed E-state index contributed by atoms with van der Waals surface area (Å²) in [6, 6.07) is 16.8. The number of hydrogen-bond donors (Lipinski definition) is 1. The first-order valence-corrected chi connectivity index (χ1v) is 7.07. The molecule has 0 bridgehead atoms.